The molecule has 0 amide bonds. The van der Waals surface area contributed by atoms with Gasteiger partial charge in [0.05, 0.1) is 18.3 Å². The van der Waals surface area contributed by atoms with Crippen LogP contribution in [0.25, 0.3) is 0 Å². The summed E-state index contributed by atoms with van der Waals surface area (Å²) in [7, 11) is 0. The Morgan fingerprint density at radius 3 is 2.81 bits per heavy atom. The molecule has 0 spiro atoms. The standard InChI is InChI=1S/C18H19N7O/c1-12-9-17(23-16-5-6-22-25-16)24-18(15(12)10-19)20-7-8-26-14-4-3-13(2)21-11-14/h3-6,9,11H,7-8H2,1-2H3,(H3,20,22,23,24,25). The minimum Gasteiger partial charge on any atom is -0.490 e. The van der Waals surface area contributed by atoms with E-state index in [0.717, 1.165) is 11.3 Å². The molecule has 0 bridgehead atoms. The molecule has 3 rings (SSSR count). The van der Waals surface area contributed by atoms with Crippen LogP contribution in [0.3, 0.4) is 0 Å². The van der Waals surface area contributed by atoms with Gasteiger partial charge in [0.1, 0.15) is 30.1 Å². The summed E-state index contributed by atoms with van der Waals surface area (Å²) in [4.78, 5) is 8.65. The lowest BCUT2D eigenvalue weighted by atomic mass is 10.1. The minimum absolute atomic E-state index is 0.424. The minimum atomic E-state index is 0.424. The maximum Gasteiger partial charge on any atom is 0.153 e. The lowest BCUT2D eigenvalue weighted by Crippen LogP contribution is -2.14. The van der Waals surface area contributed by atoms with Crippen LogP contribution in [0.4, 0.5) is 17.5 Å². The first-order valence-electron chi connectivity index (χ1n) is 8.13. The number of nitrogens with one attached hydrogen (secondary N) is 3. The zero-order valence-corrected chi connectivity index (χ0v) is 14.6. The third kappa shape index (κ3) is 4.27. The van der Waals surface area contributed by atoms with E-state index in [-0.39, 0.29) is 0 Å². The van der Waals surface area contributed by atoms with E-state index in [1.807, 2.05) is 32.0 Å². The van der Waals surface area contributed by atoms with Crippen LogP contribution in [0.5, 0.6) is 5.75 Å². The molecule has 0 fully saturated rings. The van der Waals surface area contributed by atoms with Crippen molar-refractivity contribution in [3.63, 3.8) is 0 Å². The van der Waals surface area contributed by atoms with Gasteiger partial charge in [-0.05, 0) is 37.6 Å². The Bertz CT molecular complexity index is 899. The second-order valence-electron chi connectivity index (χ2n) is 5.65. The fourth-order valence-electron chi connectivity index (χ4n) is 2.34. The maximum atomic E-state index is 9.40. The van der Waals surface area contributed by atoms with Crippen molar-refractivity contribution in [2.24, 2.45) is 0 Å². The normalized spacial score (nSPS) is 10.2. The Morgan fingerprint density at radius 1 is 1.23 bits per heavy atom. The number of nitrogens with zero attached hydrogens (tertiary/aromatic N) is 4. The maximum absolute atomic E-state index is 9.40. The van der Waals surface area contributed by atoms with Crippen LogP contribution in [-0.4, -0.2) is 33.3 Å². The number of rotatable bonds is 7. The van der Waals surface area contributed by atoms with E-state index in [9.17, 15) is 5.26 Å². The second kappa shape index (κ2) is 7.98. The lowest BCUT2D eigenvalue weighted by molar-refractivity contribution is 0.331. The smallest absolute Gasteiger partial charge is 0.153 e. The van der Waals surface area contributed by atoms with Gasteiger partial charge in [-0.1, -0.05) is 0 Å². The average molecular weight is 349 g/mol. The number of hydrogen-bond donors (Lipinski definition) is 3. The summed E-state index contributed by atoms with van der Waals surface area (Å²) in [6.07, 6.45) is 3.40. The zero-order valence-electron chi connectivity index (χ0n) is 14.6. The molecule has 0 aromatic carbocycles. The fourth-order valence-corrected chi connectivity index (χ4v) is 2.34. The summed E-state index contributed by atoms with van der Waals surface area (Å²) < 4.78 is 5.64. The Balaban J connectivity index is 1.64. The van der Waals surface area contributed by atoms with Crippen LogP contribution in [0.1, 0.15) is 16.8 Å². The Hall–Kier alpha value is -3.60. The topological polar surface area (TPSA) is 112 Å². The van der Waals surface area contributed by atoms with Gasteiger partial charge in [-0.3, -0.25) is 10.1 Å². The van der Waals surface area contributed by atoms with E-state index in [2.05, 4.69) is 36.9 Å². The number of pyridine rings is 2. The van der Waals surface area contributed by atoms with Crippen LogP contribution in [0.2, 0.25) is 0 Å². The fraction of sp³-hybridized carbons (Fsp3) is 0.222. The van der Waals surface area contributed by atoms with Gasteiger partial charge in [0, 0.05) is 18.0 Å². The van der Waals surface area contributed by atoms with Crippen molar-refractivity contribution in [1.82, 2.24) is 20.2 Å². The Kier molecular flexibility index (Phi) is 5.29. The number of nitriles is 1. The molecule has 0 saturated carbocycles. The quantitative estimate of drug-likeness (QED) is 0.562. The highest BCUT2D eigenvalue weighted by molar-refractivity contribution is 5.63. The monoisotopic (exact) mass is 349 g/mol. The van der Waals surface area contributed by atoms with E-state index < -0.39 is 0 Å². The summed E-state index contributed by atoms with van der Waals surface area (Å²) >= 11 is 0. The van der Waals surface area contributed by atoms with Crippen molar-refractivity contribution < 1.29 is 4.74 Å². The number of aryl methyl sites for hydroxylation is 2. The molecule has 3 heterocycles. The van der Waals surface area contributed by atoms with Crippen molar-refractivity contribution in [2.75, 3.05) is 23.8 Å². The van der Waals surface area contributed by atoms with Crippen LogP contribution in [-0.2, 0) is 0 Å². The van der Waals surface area contributed by atoms with E-state index in [1.54, 1.807) is 18.5 Å². The zero-order chi connectivity index (χ0) is 18.4. The molecule has 0 unspecified atom stereocenters. The molecule has 132 valence electrons. The highest BCUT2D eigenvalue weighted by atomic mass is 16.5. The lowest BCUT2D eigenvalue weighted by Gasteiger charge is -2.12. The summed E-state index contributed by atoms with van der Waals surface area (Å²) in [5, 5.41) is 22.4. The summed E-state index contributed by atoms with van der Waals surface area (Å²) in [5.74, 6) is 2.48. The first-order valence-corrected chi connectivity index (χ1v) is 8.13. The van der Waals surface area contributed by atoms with Crippen molar-refractivity contribution in [2.45, 2.75) is 13.8 Å². The predicted octanol–water partition coefficient (Wildman–Crippen LogP) is 2.92. The molecule has 0 aliphatic rings. The highest BCUT2D eigenvalue weighted by Gasteiger charge is 2.10. The average Bonchev–Trinajstić information content (AvgIpc) is 3.13. The van der Waals surface area contributed by atoms with Crippen LogP contribution in [0, 0.1) is 25.2 Å². The number of H-pyrrole nitrogens is 1. The van der Waals surface area contributed by atoms with Gasteiger partial charge in [-0.25, -0.2) is 4.98 Å². The first-order chi connectivity index (χ1) is 12.7. The molecule has 3 N–H and O–H groups in total. The number of aromatic nitrogens is 4. The van der Waals surface area contributed by atoms with Gasteiger partial charge in [-0.15, -0.1) is 0 Å². The number of hydrogen-bond acceptors (Lipinski definition) is 7. The number of aromatic amines is 1. The molecule has 0 aliphatic carbocycles. The summed E-state index contributed by atoms with van der Waals surface area (Å²) in [5.41, 5.74) is 2.27. The van der Waals surface area contributed by atoms with Gasteiger partial charge >= 0.3 is 0 Å². The summed E-state index contributed by atoms with van der Waals surface area (Å²) in [6.45, 7) is 4.72. The number of ether oxygens (including phenoxy) is 1. The SMILES string of the molecule is Cc1ccc(OCCNc2nc(Nc3cc[nH]n3)cc(C)c2C#N)cn1. The molecular weight excluding hydrogens is 330 g/mol. The second-order valence-corrected chi connectivity index (χ2v) is 5.65. The molecular formula is C18H19N7O. The van der Waals surface area contributed by atoms with Crippen LogP contribution >= 0.6 is 0 Å². The Morgan fingerprint density at radius 2 is 2.12 bits per heavy atom. The van der Waals surface area contributed by atoms with Crippen molar-refractivity contribution in [3.05, 3.63) is 53.5 Å². The van der Waals surface area contributed by atoms with Crippen molar-refractivity contribution in [3.8, 4) is 11.8 Å². The van der Waals surface area contributed by atoms with E-state index >= 15 is 0 Å². The molecule has 3 aromatic rings. The molecule has 0 radical (unpaired) electrons. The molecule has 8 nitrogen and oxygen atoms in total. The third-order valence-corrected chi connectivity index (χ3v) is 3.63. The Labute approximate surface area is 151 Å². The van der Waals surface area contributed by atoms with Gasteiger partial charge in [0.15, 0.2) is 5.82 Å². The molecule has 0 saturated heterocycles. The first kappa shape index (κ1) is 17.2. The molecule has 0 aliphatic heterocycles. The third-order valence-electron chi connectivity index (χ3n) is 3.63. The molecule has 8 heteroatoms. The largest absolute Gasteiger partial charge is 0.490 e. The molecule has 0 atom stereocenters. The van der Waals surface area contributed by atoms with Gasteiger partial charge in [0.25, 0.3) is 0 Å². The van der Waals surface area contributed by atoms with E-state index in [4.69, 9.17) is 4.74 Å². The summed E-state index contributed by atoms with van der Waals surface area (Å²) in [6, 6.07) is 9.57. The van der Waals surface area contributed by atoms with Crippen LogP contribution < -0.4 is 15.4 Å². The van der Waals surface area contributed by atoms with Crippen LogP contribution in [0.15, 0.2) is 36.7 Å². The number of anilines is 3. The van der Waals surface area contributed by atoms with Crippen molar-refractivity contribution >= 4 is 17.5 Å². The molecule has 3 aromatic heterocycles. The van der Waals surface area contributed by atoms with E-state index in [1.165, 1.54) is 0 Å². The van der Waals surface area contributed by atoms with Gasteiger partial charge < -0.3 is 15.4 Å². The van der Waals surface area contributed by atoms with E-state index in [0.29, 0.717) is 41.9 Å². The van der Waals surface area contributed by atoms with Gasteiger partial charge in [0.2, 0.25) is 0 Å². The molecule has 26 heavy (non-hydrogen) atoms. The predicted molar refractivity (Wildman–Crippen MR) is 98.5 cm³/mol. The van der Waals surface area contributed by atoms with Crippen molar-refractivity contribution in [1.29, 1.82) is 5.26 Å². The van der Waals surface area contributed by atoms with Gasteiger partial charge in [-0.2, -0.15) is 10.4 Å². The highest BCUT2D eigenvalue weighted by Crippen LogP contribution is 2.22.